The van der Waals surface area contributed by atoms with E-state index in [2.05, 4.69) is 33.1 Å². The number of nitrogens with zero attached hydrogens (tertiary/aromatic N) is 3. The van der Waals surface area contributed by atoms with Crippen molar-refractivity contribution >= 4 is 37.7 Å². The first-order chi connectivity index (χ1) is 13.2. The number of anilines is 1. The van der Waals surface area contributed by atoms with Gasteiger partial charge in [0.2, 0.25) is 0 Å². The lowest BCUT2D eigenvalue weighted by atomic mass is 9.96. The van der Waals surface area contributed by atoms with E-state index < -0.39 is 0 Å². The summed E-state index contributed by atoms with van der Waals surface area (Å²) in [4.78, 5) is 9.06. The molecule has 4 nitrogen and oxygen atoms in total. The first-order valence-corrected chi connectivity index (χ1v) is 10.3. The Labute approximate surface area is 161 Å². The first kappa shape index (κ1) is 16.7. The number of rotatable bonds is 4. The number of hydrogen-bond donors (Lipinski definition) is 1. The lowest BCUT2D eigenvalue weighted by molar-refractivity contribution is 0.462. The van der Waals surface area contributed by atoms with Crippen molar-refractivity contribution in [3.63, 3.8) is 0 Å². The van der Waals surface area contributed by atoms with Gasteiger partial charge in [-0.05, 0) is 42.7 Å². The molecule has 27 heavy (non-hydrogen) atoms. The summed E-state index contributed by atoms with van der Waals surface area (Å²) < 4.78 is 16.6. The minimum Gasteiger partial charge on any atom is -0.359 e. The molecule has 2 aromatic heterocycles. The second-order valence-electron chi connectivity index (χ2n) is 7.31. The number of benzene rings is 2. The van der Waals surface area contributed by atoms with E-state index in [1.165, 1.54) is 54.5 Å². The van der Waals surface area contributed by atoms with Crippen molar-refractivity contribution in [1.29, 1.82) is 0 Å². The Balaban J connectivity index is 1.38. The van der Waals surface area contributed by atoms with Gasteiger partial charge in [-0.1, -0.05) is 36.7 Å². The van der Waals surface area contributed by atoms with Crippen LogP contribution in [0.15, 0.2) is 42.7 Å². The summed E-state index contributed by atoms with van der Waals surface area (Å²) in [6.07, 6.45) is 8.25. The Hall–Kier alpha value is -2.47. The van der Waals surface area contributed by atoms with E-state index in [1.807, 2.05) is 0 Å². The van der Waals surface area contributed by atoms with Crippen LogP contribution in [0.1, 0.15) is 37.7 Å². The van der Waals surface area contributed by atoms with Gasteiger partial charge in [-0.3, -0.25) is 0 Å². The monoisotopic (exact) mass is 380 g/mol. The summed E-state index contributed by atoms with van der Waals surface area (Å²) in [5, 5.41) is 4.65. The van der Waals surface area contributed by atoms with Gasteiger partial charge in [0, 0.05) is 18.7 Å². The van der Waals surface area contributed by atoms with Gasteiger partial charge in [-0.25, -0.2) is 14.4 Å². The summed E-state index contributed by atoms with van der Waals surface area (Å²) in [6, 6.07) is 11.7. The van der Waals surface area contributed by atoms with Crippen LogP contribution in [-0.4, -0.2) is 20.6 Å². The second kappa shape index (κ2) is 6.93. The first-order valence-electron chi connectivity index (χ1n) is 9.51. The molecule has 1 N–H and O–H groups in total. The highest BCUT2D eigenvalue weighted by molar-refractivity contribution is 7.22. The Kier molecular flexibility index (Phi) is 4.28. The predicted molar refractivity (Wildman–Crippen MR) is 109 cm³/mol. The largest absolute Gasteiger partial charge is 0.359 e. The van der Waals surface area contributed by atoms with E-state index in [9.17, 15) is 4.39 Å². The number of aromatic nitrogens is 3. The quantitative estimate of drug-likeness (QED) is 0.503. The van der Waals surface area contributed by atoms with Gasteiger partial charge in [-0.2, -0.15) is 0 Å². The molecule has 4 aromatic rings. The van der Waals surface area contributed by atoms with Crippen LogP contribution in [-0.2, 0) is 6.54 Å². The molecule has 0 radical (unpaired) electrons. The number of imidazole rings is 1. The maximum atomic E-state index is 13.4. The van der Waals surface area contributed by atoms with Crippen molar-refractivity contribution in [2.45, 2.75) is 44.7 Å². The van der Waals surface area contributed by atoms with Crippen LogP contribution in [0.5, 0.6) is 0 Å². The van der Waals surface area contributed by atoms with Crippen LogP contribution in [0.25, 0.3) is 21.3 Å². The number of fused-ring (bicyclic) bond motifs is 2. The fourth-order valence-corrected chi connectivity index (χ4v) is 4.92. The van der Waals surface area contributed by atoms with E-state index in [-0.39, 0.29) is 5.82 Å². The molecule has 0 saturated heterocycles. The Morgan fingerprint density at radius 3 is 2.85 bits per heavy atom. The van der Waals surface area contributed by atoms with E-state index in [1.54, 1.807) is 23.7 Å². The fraction of sp³-hybridized carbons (Fsp3) is 0.333. The third-order valence-electron chi connectivity index (χ3n) is 5.32. The van der Waals surface area contributed by atoms with Crippen LogP contribution in [0.3, 0.4) is 0 Å². The average molecular weight is 380 g/mol. The maximum absolute atomic E-state index is 13.4. The highest BCUT2D eigenvalue weighted by Gasteiger charge is 2.15. The van der Waals surface area contributed by atoms with Gasteiger partial charge in [0.15, 0.2) is 5.13 Å². The molecule has 1 fully saturated rings. The molecule has 0 bridgehead atoms. The van der Waals surface area contributed by atoms with Gasteiger partial charge in [0.25, 0.3) is 0 Å². The smallest absolute Gasteiger partial charge is 0.184 e. The Morgan fingerprint density at radius 1 is 1.07 bits per heavy atom. The highest BCUT2D eigenvalue weighted by atomic mass is 32.1. The third-order valence-corrected chi connectivity index (χ3v) is 6.27. The molecule has 0 spiro atoms. The zero-order chi connectivity index (χ0) is 18.2. The number of nitrogens with one attached hydrogen (secondary N) is 1. The Morgan fingerprint density at radius 2 is 1.96 bits per heavy atom. The second-order valence-corrected chi connectivity index (χ2v) is 8.34. The van der Waals surface area contributed by atoms with Gasteiger partial charge >= 0.3 is 0 Å². The number of hydrogen-bond acceptors (Lipinski definition) is 4. The van der Waals surface area contributed by atoms with Crippen LogP contribution in [0, 0.1) is 5.82 Å². The summed E-state index contributed by atoms with van der Waals surface area (Å²) in [7, 11) is 0. The predicted octanol–water partition coefficient (Wildman–Crippen LogP) is 5.58. The van der Waals surface area contributed by atoms with Crippen molar-refractivity contribution < 1.29 is 4.39 Å². The van der Waals surface area contributed by atoms with E-state index in [0.29, 0.717) is 18.1 Å². The maximum Gasteiger partial charge on any atom is 0.184 e. The minimum absolute atomic E-state index is 0.253. The zero-order valence-corrected chi connectivity index (χ0v) is 15.8. The summed E-state index contributed by atoms with van der Waals surface area (Å²) in [6.45, 7) is 0.710. The fourth-order valence-electron chi connectivity index (χ4n) is 3.91. The zero-order valence-electron chi connectivity index (χ0n) is 15.0. The molecular formula is C21H21FN4S. The van der Waals surface area contributed by atoms with E-state index in [0.717, 1.165) is 16.2 Å². The summed E-state index contributed by atoms with van der Waals surface area (Å²) in [5.74, 6) is -0.253. The molecule has 0 amide bonds. The van der Waals surface area contributed by atoms with Crippen LogP contribution < -0.4 is 5.32 Å². The minimum atomic E-state index is -0.253. The molecule has 0 atom stereocenters. The topological polar surface area (TPSA) is 42.7 Å². The molecule has 5 rings (SSSR count). The number of thiazole rings is 1. The van der Waals surface area contributed by atoms with Crippen LogP contribution in [0.2, 0.25) is 0 Å². The molecule has 6 heteroatoms. The van der Waals surface area contributed by atoms with Crippen molar-refractivity contribution in [3.8, 4) is 0 Å². The van der Waals surface area contributed by atoms with E-state index in [4.69, 9.17) is 4.98 Å². The Bertz CT molecular complexity index is 1090. The summed E-state index contributed by atoms with van der Waals surface area (Å²) in [5.41, 5.74) is 3.87. The molecule has 1 aliphatic rings. The van der Waals surface area contributed by atoms with Crippen molar-refractivity contribution in [1.82, 2.24) is 14.5 Å². The lowest BCUT2D eigenvalue weighted by Gasteiger charge is -2.22. The molecule has 2 aromatic carbocycles. The standard InChI is InChI=1S/C21H21FN4S/c22-15-7-9-19-18(11-15)23-13-26(19)12-14-6-8-17-20(10-14)27-21(25-17)24-16-4-2-1-3-5-16/h6-11,13,16H,1-5,12H2,(H,24,25). The molecule has 2 heterocycles. The molecule has 0 aliphatic heterocycles. The SMILES string of the molecule is Fc1ccc2c(c1)ncn2Cc1ccc2nc(NC3CCCCC3)sc2c1. The van der Waals surface area contributed by atoms with E-state index >= 15 is 0 Å². The van der Waals surface area contributed by atoms with Gasteiger partial charge < -0.3 is 9.88 Å². The van der Waals surface area contributed by atoms with Crippen molar-refractivity contribution in [3.05, 3.63) is 54.1 Å². The molecule has 1 aliphatic carbocycles. The third kappa shape index (κ3) is 3.41. The number of halogens is 1. The molecule has 138 valence electrons. The summed E-state index contributed by atoms with van der Waals surface area (Å²) >= 11 is 1.73. The van der Waals surface area contributed by atoms with Crippen molar-refractivity contribution in [2.24, 2.45) is 0 Å². The normalized spacial score (nSPS) is 15.6. The van der Waals surface area contributed by atoms with Crippen LogP contribution >= 0.6 is 11.3 Å². The van der Waals surface area contributed by atoms with Gasteiger partial charge in [-0.15, -0.1) is 0 Å². The van der Waals surface area contributed by atoms with Crippen LogP contribution in [0.4, 0.5) is 9.52 Å². The van der Waals surface area contributed by atoms with Gasteiger partial charge in [0.1, 0.15) is 5.82 Å². The lowest BCUT2D eigenvalue weighted by Crippen LogP contribution is -2.21. The van der Waals surface area contributed by atoms with Gasteiger partial charge in [0.05, 0.1) is 27.6 Å². The molecule has 1 saturated carbocycles. The highest BCUT2D eigenvalue weighted by Crippen LogP contribution is 2.30. The van der Waals surface area contributed by atoms with Crippen molar-refractivity contribution in [2.75, 3.05) is 5.32 Å². The molecule has 0 unspecified atom stereocenters. The average Bonchev–Trinajstić information content (AvgIpc) is 3.25. The molecular weight excluding hydrogens is 359 g/mol.